The van der Waals surface area contributed by atoms with Crippen molar-refractivity contribution in [3.63, 3.8) is 0 Å². The molecule has 2 aromatic heterocycles. The molecule has 3 aromatic rings. The number of hydrogen-bond donors (Lipinski definition) is 1. The van der Waals surface area contributed by atoms with Crippen LogP contribution in [0.3, 0.4) is 0 Å². The van der Waals surface area contributed by atoms with Crippen molar-refractivity contribution in [1.29, 1.82) is 0 Å². The lowest BCUT2D eigenvalue weighted by atomic mass is 10.2. The average molecular weight is 431 g/mol. The molecule has 3 rings (SSSR count). The fourth-order valence-electron chi connectivity index (χ4n) is 2.09. The second-order valence-electron chi connectivity index (χ2n) is 5.12. The highest BCUT2D eigenvalue weighted by Crippen LogP contribution is 2.41. The second-order valence-corrected chi connectivity index (χ2v) is 7.39. The van der Waals surface area contributed by atoms with Crippen LogP contribution in [0.4, 0.5) is 5.95 Å². The van der Waals surface area contributed by atoms with Crippen molar-refractivity contribution in [3.8, 4) is 0 Å². The maximum absolute atomic E-state index is 12.4. The SMILES string of the molecule is C[C@H](OC(=O)c1sc2cc(Cl)cc(Cl)c2c1Cl)C(=O)Nc1ncccn1. The molecule has 0 unspecified atom stereocenters. The van der Waals surface area contributed by atoms with Gasteiger partial charge in [0, 0.05) is 27.5 Å². The van der Waals surface area contributed by atoms with Crippen molar-refractivity contribution in [2.45, 2.75) is 13.0 Å². The van der Waals surface area contributed by atoms with Crippen LogP contribution in [0.5, 0.6) is 0 Å². The van der Waals surface area contributed by atoms with Crippen LogP contribution < -0.4 is 5.32 Å². The molecular formula is C16H10Cl3N3O3S. The van der Waals surface area contributed by atoms with Crippen molar-refractivity contribution < 1.29 is 14.3 Å². The van der Waals surface area contributed by atoms with E-state index >= 15 is 0 Å². The summed E-state index contributed by atoms with van der Waals surface area (Å²) in [7, 11) is 0. The minimum Gasteiger partial charge on any atom is -0.448 e. The molecule has 0 fully saturated rings. The van der Waals surface area contributed by atoms with Gasteiger partial charge < -0.3 is 4.74 Å². The van der Waals surface area contributed by atoms with Gasteiger partial charge in [-0.1, -0.05) is 34.8 Å². The smallest absolute Gasteiger partial charge is 0.350 e. The predicted molar refractivity (Wildman–Crippen MR) is 102 cm³/mol. The van der Waals surface area contributed by atoms with E-state index in [2.05, 4.69) is 15.3 Å². The zero-order chi connectivity index (χ0) is 18.8. The van der Waals surface area contributed by atoms with Crippen LogP contribution in [0.25, 0.3) is 10.1 Å². The zero-order valence-electron chi connectivity index (χ0n) is 13.1. The Hall–Kier alpha value is -1.93. The van der Waals surface area contributed by atoms with E-state index in [1.54, 1.807) is 12.1 Å². The summed E-state index contributed by atoms with van der Waals surface area (Å²) in [6, 6.07) is 4.80. The fraction of sp³-hybridized carbons (Fsp3) is 0.125. The van der Waals surface area contributed by atoms with Gasteiger partial charge in [-0.25, -0.2) is 14.8 Å². The van der Waals surface area contributed by atoms with Crippen LogP contribution in [0.2, 0.25) is 15.1 Å². The highest BCUT2D eigenvalue weighted by atomic mass is 35.5. The lowest BCUT2D eigenvalue weighted by Crippen LogP contribution is -2.30. The first kappa shape index (κ1) is 18.8. The number of carbonyl (C=O) groups is 2. The molecule has 1 aromatic carbocycles. The molecule has 0 spiro atoms. The van der Waals surface area contributed by atoms with Gasteiger partial charge in [-0.2, -0.15) is 0 Å². The molecule has 134 valence electrons. The summed E-state index contributed by atoms with van der Waals surface area (Å²) in [5.74, 6) is -1.19. The number of halogens is 3. The van der Waals surface area contributed by atoms with Gasteiger partial charge in [0.15, 0.2) is 6.10 Å². The molecule has 10 heteroatoms. The van der Waals surface area contributed by atoms with E-state index < -0.39 is 18.0 Å². The highest BCUT2D eigenvalue weighted by Gasteiger charge is 2.25. The lowest BCUT2D eigenvalue weighted by Gasteiger charge is -2.12. The molecule has 0 aliphatic heterocycles. The molecular weight excluding hydrogens is 421 g/mol. The molecule has 0 saturated carbocycles. The minimum absolute atomic E-state index is 0.113. The monoisotopic (exact) mass is 429 g/mol. The topological polar surface area (TPSA) is 81.2 Å². The summed E-state index contributed by atoms with van der Waals surface area (Å²) in [6.07, 6.45) is 1.88. The normalized spacial score (nSPS) is 12.0. The summed E-state index contributed by atoms with van der Waals surface area (Å²) in [5.41, 5.74) is 0. The third-order valence-corrected chi connectivity index (χ3v) is 5.41. The van der Waals surface area contributed by atoms with E-state index in [0.29, 0.717) is 20.1 Å². The maximum Gasteiger partial charge on any atom is 0.350 e. The summed E-state index contributed by atoms with van der Waals surface area (Å²) in [4.78, 5) is 32.4. The van der Waals surface area contributed by atoms with Crippen molar-refractivity contribution in [1.82, 2.24) is 9.97 Å². The van der Waals surface area contributed by atoms with Crippen LogP contribution in [0.1, 0.15) is 16.6 Å². The number of amides is 1. The Kier molecular flexibility index (Phi) is 5.62. The lowest BCUT2D eigenvalue weighted by molar-refractivity contribution is -0.123. The van der Waals surface area contributed by atoms with Gasteiger partial charge >= 0.3 is 5.97 Å². The van der Waals surface area contributed by atoms with Crippen LogP contribution in [-0.2, 0) is 9.53 Å². The van der Waals surface area contributed by atoms with Gasteiger partial charge in [0.2, 0.25) is 5.95 Å². The molecule has 0 radical (unpaired) electrons. The number of anilines is 1. The minimum atomic E-state index is -1.08. The number of fused-ring (bicyclic) bond motifs is 1. The first-order chi connectivity index (χ1) is 12.4. The number of ether oxygens (including phenoxy) is 1. The van der Waals surface area contributed by atoms with Crippen LogP contribution >= 0.6 is 46.1 Å². The first-order valence-electron chi connectivity index (χ1n) is 7.22. The van der Waals surface area contributed by atoms with Crippen LogP contribution in [0.15, 0.2) is 30.6 Å². The largest absolute Gasteiger partial charge is 0.448 e. The van der Waals surface area contributed by atoms with E-state index in [-0.39, 0.29) is 15.8 Å². The number of rotatable bonds is 4. The number of nitrogens with one attached hydrogen (secondary N) is 1. The standard InChI is InChI=1S/C16H10Cl3N3O3S/c1-7(14(23)22-16-20-3-2-4-21-16)25-15(24)13-12(19)11-9(18)5-8(17)6-10(11)26-13/h2-7H,1H3,(H,20,21,22,23)/t7-/m0/s1. The Bertz CT molecular complexity index is 995. The number of hydrogen-bond acceptors (Lipinski definition) is 6. The van der Waals surface area contributed by atoms with E-state index in [9.17, 15) is 9.59 Å². The number of thiophene rings is 1. The van der Waals surface area contributed by atoms with Gasteiger partial charge in [0.05, 0.1) is 10.0 Å². The molecule has 0 bridgehead atoms. The Morgan fingerprint density at radius 1 is 1.19 bits per heavy atom. The molecule has 0 aliphatic rings. The third kappa shape index (κ3) is 3.91. The highest BCUT2D eigenvalue weighted by molar-refractivity contribution is 7.21. The summed E-state index contributed by atoms with van der Waals surface area (Å²) in [6.45, 7) is 1.43. The molecule has 1 atom stereocenters. The van der Waals surface area contributed by atoms with Crippen LogP contribution in [0, 0.1) is 0 Å². The fourth-order valence-corrected chi connectivity index (χ4v) is 4.34. The molecule has 1 amide bonds. The van der Waals surface area contributed by atoms with Gasteiger partial charge in [-0.05, 0) is 25.1 Å². The number of benzene rings is 1. The third-order valence-electron chi connectivity index (χ3n) is 3.29. The molecule has 1 N–H and O–H groups in total. The van der Waals surface area contributed by atoms with Crippen molar-refractivity contribution in [3.05, 3.63) is 50.5 Å². The molecule has 0 aliphatic carbocycles. The Balaban J connectivity index is 1.77. The molecule has 6 nitrogen and oxygen atoms in total. The van der Waals surface area contributed by atoms with E-state index in [0.717, 1.165) is 11.3 Å². The summed E-state index contributed by atoms with van der Waals surface area (Å²) < 4.78 is 5.84. The van der Waals surface area contributed by atoms with E-state index in [4.69, 9.17) is 39.5 Å². The predicted octanol–water partition coefficient (Wildman–Crippen LogP) is 4.84. The zero-order valence-corrected chi connectivity index (χ0v) is 16.2. The Morgan fingerprint density at radius 2 is 1.88 bits per heavy atom. The quantitative estimate of drug-likeness (QED) is 0.599. The van der Waals surface area contributed by atoms with E-state index in [1.165, 1.54) is 25.4 Å². The van der Waals surface area contributed by atoms with Gasteiger partial charge in [0.25, 0.3) is 5.91 Å². The number of carbonyl (C=O) groups excluding carboxylic acids is 2. The van der Waals surface area contributed by atoms with E-state index in [1.807, 2.05) is 0 Å². The molecule has 0 saturated heterocycles. The van der Waals surface area contributed by atoms with Crippen molar-refractivity contribution in [2.75, 3.05) is 5.32 Å². The molecule has 2 heterocycles. The number of nitrogens with zero attached hydrogens (tertiary/aromatic N) is 2. The average Bonchev–Trinajstić information content (AvgIpc) is 2.92. The molecule has 26 heavy (non-hydrogen) atoms. The number of aromatic nitrogens is 2. The summed E-state index contributed by atoms with van der Waals surface area (Å²) in [5, 5.41) is 3.89. The Morgan fingerprint density at radius 3 is 2.58 bits per heavy atom. The van der Waals surface area contributed by atoms with Crippen molar-refractivity contribution in [2.24, 2.45) is 0 Å². The maximum atomic E-state index is 12.4. The van der Waals surface area contributed by atoms with Gasteiger partial charge in [0.1, 0.15) is 4.88 Å². The van der Waals surface area contributed by atoms with Gasteiger partial charge in [-0.15, -0.1) is 11.3 Å². The van der Waals surface area contributed by atoms with Gasteiger partial charge in [-0.3, -0.25) is 10.1 Å². The van der Waals surface area contributed by atoms with Crippen molar-refractivity contribution >= 4 is 74.1 Å². The van der Waals surface area contributed by atoms with Crippen LogP contribution in [-0.4, -0.2) is 27.9 Å². The second kappa shape index (κ2) is 7.75. The summed E-state index contributed by atoms with van der Waals surface area (Å²) >= 11 is 19.5. The Labute approximate surface area is 167 Å². The first-order valence-corrected chi connectivity index (χ1v) is 9.17. The number of esters is 1.